The molecule has 1 heterocycles. The van der Waals surface area contributed by atoms with Gasteiger partial charge in [-0.25, -0.2) is 4.79 Å². The molecule has 0 aromatic heterocycles. The molecule has 0 atom stereocenters. The van der Waals surface area contributed by atoms with Gasteiger partial charge in [-0.15, -0.1) is 0 Å². The van der Waals surface area contributed by atoms with E-state index in [9.17, 15) is 9.59 Å². The smallest absolute Gasteiger partial charge is 0.319 e. The lowest BCUT2D eigenvalue weighted by Crippen LogP contribution is -2.29. The minimum atomic E-state index is -0.300. The average molecular weight is 446 g/mol. The number of nitrogens with zero attached hydrogens (tertiary/aromatic N) is 1. The quantitative estimate of drug-likeness (QED) is 0.556. The molecule has 0 saturated heterocycles. The average Bonchev–Trinajstić information content (AvgIpc) is 3.27. The molecular formula is C26H27N3O4. The molecule has 4 rings (SSSR count). The second-order valence-corrected chi connectivity index (χ2v) is 7.66. The van der Waals surface area contributed by atoms with Crippen LogP contribution in [0.3, 0.4) is 0 Å². The molecule has 0 fully saturated rings. The van der Waals surface area contributed by atoms with E-state index in [0.29, 0.717) is 36.7 Å². The summed E-state index contributed by atoms with van der Waals surface area (Å²) < 4.78 is 10.6. The molecule has 33 heavy (non-hydrogen) atoms. The Morgan fingerprint density at radius 3 is 2.39 bits per heavy atom. The number of hydrogen-bond donors (Lipinski definition) is 2. The number of carbonyl (C=O) groups excluding carboxylic acids is 2. The number of fused-ring (bicyclic) bond motifs is 1. The normalized spacial score (nSPS) is 12.1. The van der Waals surface area contributed by atoms with Crippen LogP contribution in [-0.4, -0.2) is 32.2 Å². The van der Waals surface area contributed by atoms with E-state index in [-0.39, 0.29) is 11.9 Å². The third-order valence-electron chi connectivity index (χ3n) is 5.50. The van der Waals surface area contributed by atoms with Crippen molar-refractivity contribution in [3.05, 3.63) is 83.4 Å². The van der Waals surface area contributed by atoms with Gasteiger partial charge in [-0.3, -0.25) is 4.79 Å². The first-order valence-electron chi connectivity index (χ1n) is 10.9. The Hall–Kier alpha value is -4.00. The largest absolute Gasteiger partial charge is 0.497 e. The standard InChI is InChI=1S/C26H27N3O4/c1-3-33-23-12-8-21(9-13-23)28-26(31)27-17-18-4-5-19-14-15-29(24(19)16-18)25(30)20-6-10-22(32-2)11-7-20/h4-13,16H,3,14-15,17H2,1-2H3,(H2,27,28,31). The van der Waals surface area contributed by atoms with Crippen molar-refractivity contribution in [3.8, 4) is 11.5 Å². The molecule has 0 spiro atoms. The molecule has 2 N–H and O–H groups in total. The first kappa shape index (κ1) is 22.2. The van der Waals surface area contributed by atoms with Gasteiger partial charge in [0.1, 0.15) is 11.5 Å². The molecule has 0 radical (unpaired) electrons. The van der Waals surface area contributed by atoms with Crippen molar-refractivity contribution in [3.63, 3.8) is 0 Å². The molecule has 0 unspecified atom stereocenters. The minimum Gasteiger partial charge on any atom is -0.497 e. The van der Waals surface area contributed by atoms with Crippen molar-refractivity contribution in [1.82, 2.24) is 5.32 Å². The number of hydrogen-bond acceptors (Lipinski definition) is 4. The second-order valence-electron chi connectivity index (χ2n) is 7.66. The van der Waals surface area contributed by atoms with E-state index < -0.39 is 0 Å². The fourth-order valence-electron chi connectivity index (χ4n) is 3.79. The van der Waals surface area contributed by atoms with E-state index in [2.05, 4.69) is 10.6 Å². The van der Waals surface area contributed by atoms with Crippen LogP contribution in [0.5, 0.6) is 11.5 Å². The van der Waals surface area contributed by atoms with Gasteiger partial charge in [0.05, 0.1) is 13.7 Å². The number of rotatable bonds is 7. The number of amides is 3. The highest BCUT2D eigenvalue weighted by Gasteiger charge is 2.26. The topological polar surface area (TPSA) is 79.9 Å². The molecule has 0 aliphatic carbocycles. The van der Waals surface area contributed by atoms with Gasteiger partial charge in [0.25, 0.3) is 5.91 Å². The summed E-state index contributed by atoms with van der Waals surface area (Å²) in [6.45, 7) is 3.50. The number of benzene rings is 3. The lowest BCUT2D eigenvalue weighted by molar-refractivity contribution is 0.0989. The molecule has 0 bridgehead atoms. The van der Waals surface area contributed by atoms with E-state index in [1.54, 1.807) is 48.4 Å². The summed E-state index contributed by atoms with van der Waals surface area (Å²) in [5.74, 6) is 1.43. The third kappa shape index (κ3) is 5.26. The van der Waals surface area contributed by atoms with Crippen LogP contribution in [0.1, 0.15) is 28.4 Å². The molecule has 170 valence electrons. The van der Waals surface area contributed by atoms with Gasteiger partial charge in [-0.2, -0.15) is 0 Å². The highest BCUT2D eigenvalue weighted by atomic mass is 16.5. The zero-order chi connectivity index (χ0) is 23.2. The SMILES string of the molecule is CCOc1ccc(NC(=O)NCc2ccc3c(c2)N(C(=O)c2ccc(OC)cc2)CC3)cc1. The van der Waals surface area contributed by atoms with E-state index in [1.165, 1.54) is 0 Å². The van der Waals surface area contributed by atoms with Crippen LogP contribution in [0.25, 0.3) is 0 Å². The molecule has 1 aliphatic heterocycles. The third-order valence-corrected chi connectivity index (χ3v) is 5.50. The van der Waals surface area contributed by atoms with Gasteiger partial charge in [-0.05, 0) is 79.1 Å². The Kier molecular flexibility index (Phi) is 6.78. The number of methoxy groups -OCH3 is 1. The maximum absolute atomic E-state index is 13.1. The van der Waals surface area contributed by atoms with Crippen molar-refractivity contribution < 1.29 is 19.1 Å². The molecule has 7 nitrogen and oxygen atoms in total. The van der Waals surface area contributed by atoms with E-state index >= 15 is 0 Å². The van der Waals surface area contributed by atoms with Crippen molar-refractivity contribution in [2.45, 2.75) is 19.9 Å². The maximum Gasteiger partial charge on any atom is 0.319 e. The number of nitrogens with one attached hydrogen (secondary N) is 2. The van der Waals surface area contributed by atoms with Crippen LogP contribution < -0.4 is 25.0 Å². The van der Waals surface area contributed by atoms with Crippen molar-refractivity contribution >= 4 is 23.3 Å². The summed E-state index contributed by atoms with van der Waals surface area (Å²) in [6, 6.07) is 20.0. The van der Waals surface area contributed by atoms with Gasteiger partial charge in [0.15, 0.2) is 0 Å². The van der Waals surface area contributed by atoms with E-state index in [0.717, 1.165) is 29.0 Å². The van der Waals surface area contributed by atoms with Gasteiger partial charge < -0.3 is 25.0 Å². The number of anilines is 2. The van der Waals surface area contributed by atoms with Crippen LogP contribution in [-0.2, 0) is 13.0 Å². The maximum atomic E-state index is 13.1. The molecule has 7 heteroatoms. The Bertz CT molecular complexity index is 1130. The summed E-state index contributed by atoms with van der Waals surface area (Å²) in [5, 5.41) is 5.68. The Balaban J connectivity index is 1.38. The summed E-state index contributed by atoms with van der Waals surface area (Å²) in [4.78, 5) is 27.2. The predicted octanol–water partition coefficient (Wildman–Crippen LogP) is 4.62. The van der Waals surface area contributed by atoms with Crippen LogP contribution >= 0.6 is 0 Å². The van der Waals surface area contributed by atoms with E-state index in [4.69, 9.17) is 9.47 Å². The Morgan fingerprint density at radius 2 is 1.70 bits per heavy atom. The first-order valence-corrected chi connectivity index (χ1v) is 10.9. The molecule has 1 aliphatic rings. The fourth-order valence-corrected chi connectivity index (χ4v) is 3.79. The van der Waals surface area contributed by atoms with Crippen molar-refractivity contribution in [2.24, 2.45) is 0 Å². The number of ether oxygens (including phenoxy) is 2. The van der Waals surface area contributed by atoms with Gasteiger partial charge >= 0.3 is 6.03 Å². The van der Waals surface area contributed by atoms with Crippen LogP contribution in [0.2, 0.25) is 0 Å². The summed E-state index contributed by atoms with van der Waals surface area (Å²) in [5.41, 5.74) is 4.23. The van der Waals surface area contributed by atoms with Crippen molar-refractivity contribution in [1.29, 1.82) is 0 Å². The van der Waals surface area contributed by atoms with Gasteiger partial charge in [0, 0.05) is 30.0 Å². The lowest BCUT2D eigenvalue weighted by atomic mass is 10.1. The zero-order valence-electron chi connectivity index (χ0n) is 18.8. The van der Waals surface area contributed by atoms with Crippen LogP contribution in [0.4, 0.5) is 16.2 Å². The highest BCUT2D eigenvalue weighted by Crippen LogP contribution is 2.30. The highest BCUT2D eigenvalue weighted by molar-refractivity contribution is 6.07. The second kappa shape index (κ2) is 10.1. The fraction of sp³-hybridized carbons (Fsp3) is 0.231. The molecular weight excluding hydrogens is 418 g/mol. The number of carbonyl (C=O) groups is 2. The Labute approximate surface area is 193 Å². The van der Waals surface area contributed by atoms with Crippen LogP contribution in [0, 0.1) is 0 Å². The summed E-state index contributed by atoms with van der Waals surface area (Å²) >= 11 is 0. The zero-order valence-corrected chi connectivity index (χ0v) is 18.8. The first-order chi connectivity index (χ1) is 16.1. The summed E-state index contributed by atoms with van der Waals surface area (Å²) in [6.07, 6.45) is 0.809. The van der Waals surface area contributed by atoms with Crippen molar-refractivity contribution in [2.75, 3.05) is 30.5 Å². The van der Waals surface area contributed by atoms with Gasteiger partial charge in [0.2, 0.25) is 0 Å². The molecule has 3 amide bonds. The molecule has 0 saturated carbocycles. The Morgan fingerprint density at radius 1 is 0.970 bits per heavy atom. The predicted molar refractivity (Wildman–Crippen MR) is 128 cm³/mol. The van der Waals surface area contributed by atoms with Gasteiger partial charge in [-0.1, -0.05) is 12.1 Å². The summed E-state index contributed by atoms with van der Waals surface area (Å²) in [7, 11) is 1.60. The van der Waals surface area contributed by atoms with Crippen LogP contribution in [0.15, 0.2) is 66.7 Å². The molecule has 3 aromatic carbocycles. The molecule has 3 aromatic rings. The monoisotopic (exact) mass is 445 g/mol. The number of urea groups is 1. The minimum absolute atomic E-state index is 0.0465. The lowest BCUT2D eigenvalue weighted by Gasteiger charge is -2.18. The van der Waals surface area contributed by atoms with E-state index in [1.807, 2.05) is 37.3 Å².